The molecule has 1 saturated heterocycles. The van der Waals surface area contributed by atoms with Gasteiger partial charge in [-0.05, 0) is 31.0 Å². The summed E-state index contributed by atoms with van der Waals surface area (Å²) in [4.78, 5) is 9.87. The number of aryl methyl sites for hydroxylation is 1. The normalized spacial score (nSPS) is 20.6. The Morgan fingerprint density at radius 2 is 2.00 bits per heavy atom. The molecule has 3 rings (SSSR count). The first-order chi connectivity index (χ1) is 11.8. The third-order valence-electron chi connectivity index (χ3n) is 4.12. The minimum atomic E-state index is -4.50. The van der Waals surface area contributed by atoms with Gasteiger partial charge in [0.25, 0.3) is 0 Å². The van der Waals surface area contributed by atoms with E-state index < -0.39 is 23.9 Å². The number of aromatic nitrogens is 2. The van der Waals surface area contributed by atoms with Gasteiger partial charge >= 0.3 is 6.18 Å². The van der Waals surface area contributed by atoms with Crippen molar-refractivity contribution in [3.05, 3.63) is 52.8 Å². The largest absolute Gasteiger partial charge is 0.416 e. The molecule has 1 aliphatic heterocycles. The maximum Gasteiger partial charge on any atom is 0.416 e. The molecule has 0 aliphatic carbocycles. The number of alkyl halides is 3. The molecule has 0 spiro atoms. The highest BCUT2D eigenvalue weighted by Crippen LogP contribution is 2.41. The van der Waals surface area contributed by atoms with Crippen LogP contribution in [0.2, 0.25) is 0 Å². The second kappa shape index (κ2) is 6.33. The van der Waals surface area contributed by atoms with E-state index in [4.69, 9.17) is 5.26 Å². The third-order valence-corrected chi connectivity index (χ3v) is 4.12. The fourth-order valence-corrected chi connectivity index (χ4v) is 3.11. The fraction of sp³-hybridized carbons (Fsp3) is 0.353. The molecule has 0 saturated carbocycles. The maximum absolute atomic E-state index is 13.4. The van der Waals surface area contributed by atoms with Gasteiger partial charge in [0.05, 0.1) is 17.7 Å². The summed E-state index contributed by atoms with van der Waals surface area (Å²) in [6.45, 7) is 1.78. The smallest absolute Gasteiger partial charge is 0.391 e. The lowest BCUT2D eigenvalue weighted by atomic mass is 9.97. The first-order valence-corrected chi connectivity index (χ1v) is 7.66. The van der Waals surface area contributed by atoms with Crippen LogP contribution in [0.4, 0.5) is 19.1 Å². The molecule has 0 radical (unpaired) electrons. The number of aliphatic hydroxyl groups is 1. The number of hydrogen-bond donors (Lipinski definition) is 1. The van der Waals surface area contributed by atoms with Gasteiger partial charge in [0, 0.05) is 12.2 Å². The van der Waals surface area contributed by atoms with Gasteiger partial charge in [-0.3, -0.25) is 0 Å². The molecule has 2 aromatic rings. The summed E-state index contributed by atoms with van der Waals surface area (Å²) in [5.41, 5.74) is -0.0139. The lowest BCUT2D eigenvalue weighted by Crippen LogP contribution is -2.28. The molecule has 2 atom stereocenters. The van der Waals surface area contributed by atoms with E-state index in [2.05, 4.69) is 9.97 Å². The quantitative estimate of drug-likeness (QED) is 0.903. The second-order valence-corrected chi connectivity index (χ2v) is 5.95. The molecule has 0 amide bonds. The zero-order valence-corrected chi connectivity index (χ0v) is 13.3. The van der Waals surface area contributed by atoms with Crippen LogP contribution in [-0.2, 0) is 6.18 Å². The van der Waals surface area contributed by atoms with Crippen LogP contribution >= 0.6 is 0 Å². The molecule has 130 valence electrons. The average molecular weight is 348 g/mol. The highest BCUT2D eigenvalue weighted by atomic mass is 19.4. The van der Waals surface area contributed by atoms with Gasteiger partial charge in [0.1, 0.15) is 11.8 Å². The zero-order valence-electron chi connectivity index (χ0n) is 13.3. The summed E-state index contributed by atoms with van der Waals surface area (Å²) >= 11 is 0. The molecule has 5 nitrogen and oxygen atoms in total. The van der Waals surface area contributed by atoms with E-state index in [0.717, 1.165) is 6.07 Å². The molecule has 1 fully saturated rings. The zero-order chi connectivity index (χ0) is 18.2. The maximum atomic E-state index is 13.4. The van der Waals surface area contributed by atoms with Gasteiger partial charge in [-0.25, -0.2) is 9.97 Å². The summed E-state index contributed by atoms with van der Waals surface area (Å²) in [5.74, 6) is 0.148. The van der Waals surface area contributed by atoms with Crippen molar-refractivity contribution in [3.63, 3.8) is 0 Å². The summed E-state index contributed by atoms with van der Waals surface area (Å²) < 4.78 is 40.1. The van der Waals surface area contributed by atoms with E-state index >= 15 is 0 Å². The summed E-state index contributed by atoms with van der Waals surface area (Å²) in [5, 5.41) is 19.1. The number of hydrogen-bond acceptors (Lipinski definition) is 5. The van der Waals surface area contributed by atoms with E-state index in [1.54, 1.807) is 6.92 Å². The first kappa shape index (κ1) is 17.2. The fourth-order valence-electron chi connectivity index (χ4n) is 3.11. The molecule has 2 heterocycles. The van der Waals surface area contributed by atoms with Crippen LogP contribution in [0, 0.1) is 18.3 Å². The summed E-state index contributed by atoms with van der Waals surface area (Å²) in [7, 11) is 0. The molecule has 1 aliphatic rings. The van der Waals surface area contributed by atoms with Gasteiger partial charge in [-0.1, -0.05) is 18.2 Å². The molecule has 1 aromatic carbocycles. The average Bonchev–Trinajstić information content (AvgIpc) is 2.95. The first-order valence-electron chi connectivity index (χ1n) is 7.66. The van der Waals surface area contributed by atoms with Crippen molar-refractivity contribution in [2.45, 2.75) is 31.7 Å². The van der Waals surface area contributed by atoms with Crippen LogP contribution in [0.15, 0.2) is 30.3 Å². The van der Waals surface area contributed by atoms with E-state index in [9.17, 15) is 18.3 Å². The SMILES string of the molecule is Cc1cc(C#N)nc(N2C[C@@H](O)C[C@H]2c2ccccc2C(F)(F)F)n1. The predicted molar refractivity (Wildman–Crippen MR) is 83.6 cm³/mol. The minimum Gasteiger partial charge on any atom is -0.391 e. The minimum absolute atomic E-state index is 0.0650. The van der Waals surface area contributed by atoms with Crippen LogP contribution in [-0.4, -0.2) is 27.7 Å². The number of rotatable bonds is 2. The number of anilines is 1. The summed E-state index contributed by atoms with van der Waals surface area (Å²) in [6, 6.07) is 7.98. The van der Waals surface area contributed by atoms with Gasteiger partial charge in [-0.15, -0.1) is 0 Å². The van der Waals surface area contributed by atoms with Gasteiger partial charge in [-0.2, -0.15) is 18.4 Å². The predicted octanol–water partition coefficient (Wildman–Crippen LogP) is 2.99. The monoisotopic (exact) mass is 348 g/mol. The molecular weight excluding hydrogens is 333 g/mol. The molecule has 1 aromatic heterocycles. The van der Waals surface area contributed by atoms with Crippen molar-refractivity contribution in [2.75, 3.05) is 11.4 Å². The van der Waals surface area contributed by atoms with Gasteiger partial charge in [0.2, 0.25) is 5.95 Å². The Balaban J connectivity index is 2.08. The van der Waals surface area contributed by atoms with Crippen LogP contribution in [0.3, 0.4) is 0 Å². The van der Waals surface area contributed by atoms with Gasteiger partial charge in [0.15, 0.2) is 0 Å². The molecule has 0 bridgehead atoms. The number of β-amino-alcohol motifs (C(OH)–C–C–N with tert-alkyl or cyclic N) is 1. The van der Waals surface area contributed by atoms with Crippen LogP contribution in [0.1, 0.15) is 35.0 Å². The van der Waals surface area contributed by atoms with Crippen molar-refractivity contribution in [1.29, 1.82) is 5.26 Å². The standard InChI is InChI=1S/C17H15F3N4O/c1-10-6-11(8-21)23-16(22-10)24-9-12(25)7-15(24)13-4-2-3-5-14(13)17(18,19)20/h2-6,12,15,25H,7,9H2,1H3/t12-,15-/m0/s1. The Kier molecular flexibility index (Phi) is 4.35. The van der Waals surface area contributed by atoms with Gasteiger partial charge < -0.3 is 10.0 Å². The highest BCUT2D eigenvalue weighted by Gasteiger charge is 2.40. The van der Waals surface area contributed by atoms with Crippen molar-refractivity contribution >= 4 is 5.95 Å². The Morgan fingerprint density at radius 3 is 2.68 bits per heavy atom. The number of nitrogens with zero attached hydrogens (tertiary/aromatic N) is 4. The number of halogens is 3. The van der Waals surface area contributed by atoms with Crippen molar-refractivity contribution in [3.8, 4) is 6.07 Å². The van der Waals surface area contributed by atoms with E-state index in [0.29, 0.717) is 5.69 Å². The molecule has 8 heteroatoms. The lowest BCUT2D eigenvalue weighted by molar-refractivity contribution is -0.138. The Morgan fingerprint density at radius 1 is 1.28 bits per heavy atom. The molecule has 25 heavy (non-hydrogen) atoms. The van der Waals surface area contributed by atoms with Crippen LogP contribution in [0.5, 0.6) is 0 Å². The lowest BCUT2D eigenvalue weighted by Gasteiger charge is -2.27. The molecular formula is C17H15F3N4O. The Bertz CT molecular complexity index is 831. The Hall–Kier alpha value is -2.66. The number of benzene rings is 1. The van der Waals surface area contributed by atoms with E-state index in [-0.39, 0.29) is 30.2 Å². The highest BCUT2D eigenvalue weighted by molar-refractivity contribution is 5.45. The van der Waals surface area contributed by atoms with E-state index in [1.807, 2.05) is 6.07 Å². The van der Waals surface area contributed by atoms with Crippen molar-refractivity contribution < 1.29 is 18.3 Å². The Labute approximate surface area is 142 Å². The topological polar surface area (TPSA) is 73.0 Å². The third kappa shape index (κ3) is 3.42. The molecule has 1 N–H and O–H groups in total. The van der Waals surface area contributed by atoms with E-state index in [1.165, 1.54) is 29.2 Å². The van der Waals surface area contributed by atoms with Crippen molar-refractivity contribution in [1.82, 2.24) is 9.97 Å². The van der Waals surface area contributed by atoms with Crippen LogP contribution in [0.25, 0.3) is 0 Å². The summed E-state index contributed by atoms with van der Waals surface area (Å²) in [6.07, 6.45) is -5.17. The van der Waals surface area contributed by atoms with Crippen molar-refractivity contribution in [2.24, 2.45) is 0 Å². The van der Waals surface area contributed by atoms with Crippen LogP contribution < -0.4 is 4.90 Å². The molecule has 0 unspecified atom stereocenters. The second-order valence-electron chi connectivity index (χ2n) is 5.95. The number of nitriles is 1. The number of aliphatic hydroxyl groups excluding tert-OH is 1.